The highest BCUT2D eigenvalue weighted by Crippen LogP contribution is 2.44. The lowest BCUT2D eigenvalue weighted by molar-refractivity contribution is -0.126. The number of ether oxygens (including phenoxy) is 2. The van der Waals surface area contributed by atoms with Crippen LogP contribution in [-0.2, 0) is 20.8 Å². The fourth-order valence-corrected chi connectivity index (χ4v) is 6.56. The number of aryl methyl sites for hydroxylation is 1. The molecule has 0 aliphatic carbocycles. The molecule has 1 fully saturated rings. The summed E-state index contributed by atoms with van der Waals surface area (Å²) in [6, 6.07) is 6.71. The van der Waals surface area contributed by atoms with Crippen molar-refractivity contribution in [3.05, 3.63) is 63.8 Å². The molecule has 5 rings (SSSR count). The first-order valence-electron chi connectivity index (χ1n) is 12.3. The zero-order valence-corrected chi connectivity index (χ0v) is 22.8. The van der Waals surface area contributed by atoms with Crippen molar-refractivity contribution in [2.75, 3.05) is 50.7 Å². The van der Waals surface area contributed by atoms with Crippen LogP contribution in [0.2, 0.25) is 5.02 Å². The summed E-state index contributed by atoms with van der Waals surface area (Å²) in [6.07, 6.45) is 1.04. The van der Waals surface area contributed by atoms with E-state index in [0.717, 1.165) is 32.5 Å². The minimum absolute atomic E-state index is 0.0360. The Kier molecular flexibility index (Phi) is 7.76. The second-order valence-electron chi connectivity index (χ2n) is 9.27. The molecule has 0 bridgehead atoms. The van der Waals surface area contributed by atoms with Crippen molar-refractivity contribution >= 4 is 46.0 Å². The van der Waals surface area contributed by atoms with E-state index < -0.39 is 5.82 Å². The van der Waals surface area contributed by atoms with Gasteiger partial charge in [-0.25, -0.2) is 9.18 Å². The van der Waals surface area contributed by atoms with Gasteiger partial charge >= 0.3 is 5.69 Å². The molecular formula is C27H28ClFN4O4S. The van der Waals surface area contributed by atoms with Crippen LogP contribution >= 0.6 is 23.4 Å². The summed E-state index contributed by atoms with van der Waals surface area (Å²) in [4.78, 5) is 34.8. The van der Waals surface area contributed by atoms with E-state index in [1.54, 1.807) is 40.5 Å². The maximum atomic E-state index is 14.0. The topological polar surface area (TPSA) is 76.9 Å². The van der Waals surface area contributed by atoms with Crippen LogP contribution in [0.1, 0.15) is 5.56 Å². The van der Waals surface area contributed by atoms with E-state index in [1.807, 2.05) is 13.0 Å². The number of carbonyl (C=O) groups excluding carboxylic acids is 1. The fraction of sp³-hybridized carbons (Fsp3) is 0.370. The van der Waals surface area contributed by atoms with Crippen LogP contribution in [0.5, 0.6) is 0 Å². The summed E-state index contributed by atoms with van der Waals surface area (Å²) in [5.41, 5.74) is 3.00. The van der Waals surface area contributed by atoms with Gasteiger partial charge in [-0.1, -0.05) is 24.2 Å². The van der Waals surface area contributed by atoms with E-state index in [1.165, 1.54) is 12.1 Å². The molecule has 1 amide bonds. The molecule has 200 valence electrons. The first kappa shape index (κ1) is 26.7. The predicted molar refractivity (Wildman–Crippen MR) is 148 cm³/mol. The van der Waals surface area contributed by atoms with Crippen LogP contribution in [0.4, 0.5) is 10.2 Å². The molecule has 0 unspecified atom stereocenters. The van der Waals surface area contributed by atoms with E-state index in [9.17, 15) is 14.0 Å². The molecule has 1 atom stereocenters. The van der Waals surface area contributed by atoms with E-state index in [-0.39, 0.29) is 29.5 Å². The molecule has 11 heteroatoms. The summed E-state index contributed by atoms with van der Waals surface area (Å²) >= 11 is 7.75. The van der Waals surface area contributed by atoms with Gasteiger partial charge in [-0.15, -0.1) is 11.8 Å². The molecule has 1 aromatic heterocycles. The van der Waals surface area contributed by atoms with Gasteiger partial charge in [0.2, 0.25) is 5.91 Å². The Morgan fingerprint density at radius 2 is 2.05 bits per heavy atom. The van der Waals surface area contributed by atoms with Crippen LogP contribution in [0.3, 0.4) is 0 Å². The van der Waals surface area contributed by atoms with Gasteiger partial charge in [-0.3, -0.25) is 9.36 Å². The highest BCUT2D eigenvalue weighted by atomic mass is 35.5. The number of thioether (sulfide) groups is 1. The first-order valence-corrected chi connectivity index (χ1v) is 13.6. The number of benzene rings is 2. The van der Waals surface area contributed by atoms with Gasteiger partial charge in [0, 0.05) is 54.9 Å². The van der Waals surface area contributed by atoms with Gasteiger partial charge in [0.25, 0.3) is 0 Å². The number of hydrogen-bond donors (Lipinski definition) is 0. The van der Waals surface area contributed by atoms with Crippen LogP contribution in [0, 0.1) is 12.7 Å². The van der Waals surface area contributed by atoms with Crippen LogP contribution in [0.15, 0.2) is 46.6 Å². The number of nitrogens with zero attached hydrogens (tertiary/aromatic N) is 4. The lowest BCUT2D eigenvalue weighted by Gasteiger charge is -2.35. The normalized spacial score (nSPS) is 17.5. The molecule has 2 aliphatic heterocycles. The Balaban J connectivity index is 1.69. The number of amides is 1. The van der Waals surface area contributed by atoms with Gasteiger partial charge < -0.3 is 19.3 Å². The summed E-state index contributed by atoms with van der Waals surface area (Å²) in [6.45, 7) is 8.11. The third-order valence-electron chi connectivity index (χ3n) is 6.89. The summed E-state index contributed by atoms with van der Waals surface area (Å²) in [5.74, 6) is 0.584. The molecule has 8 nitrogen and oxygen atoms in total. The number of methoxy groups -OCH3 is 1. The molecule has 3 heterocycles. The molecule has 0 radical (unpaired) electrons. The van der Waals surface area contributed by atoms with Crippen molar-refractivity contribution < 1.29 is 18.7 Å². The third-order valence-corrected chi connectivity index (χ3v) is 8.41. The molecule has 2 aliphatic rings. The minimum Gasteiger partial charge on any atom is -0.359 e. The van der Waals surface area contributed by atoms with Crippen molar-refractivity contribution in [2.45, 2.75) is 24.5 Å². The molecule has 1 saturated heterocycles. The van der Waals surface area contributed by atoms with Crippen molar-refractivity contribution in [1.29, 1.82) is 0 Å². The summed E-state index contributed by atoms with van der Waals surface area (Å²) in [7, 11) is 1.56. The fourth-order valence-electron chi connectivity index (χ4n) is 5.05. The van der Waals surface area contributed by atoms with Gasteiger partial charge in [0.05, 0.1) is 23.2 Å². The van der Waals surface area contributed by atoms with Crippen molar-refractivity contribution in [1.82, 2.24) is 14.5 Å². The van der Waals surface area contributed by atoms with E-state index in [4.69, 9.17) is 21.1 Å². The van der Waals surface area contributed by atoms with Gasteiger partial charge in [-0.2, -0.15) is 4.98 Å². The van der Waals surface area contributed by atoms with Crippen LogP contribution in [-0.4, -0.2) is 72.3 Å². The minimum atomic E-state index is -0.488. The average Bonchev–Trinajstić information content (AvgIpc) is 3.11. The number of aromatic nitrogens is 2. The van der Waals surface area contributed by atoms with E-state index in [2.05, 4.69) is 16.5 Å². The first-order chi connectivity index (χ1) is 18.3. The third kappa shape index (κ3) is 4.93. The molecule has 38 heavy (non-hydrogen) atoms. The van der Waals surface area contributed by atoms with Gasteiger partial charge in [-0.05, 0) is 42.3 Å². The number of halogens is 2. The summed E-state index contributed by atoms with van der Waals surface area (Å²) < 4.78 is 26.7. The second-order valence-corrected chi connectivity index (χ2v) is 10.7. The zero-order valence-electron chi connectivity index (χ0n) is 21.2. The smallest absolute Gasteiger partial charge is 0.350 e. The molecule has 3 aromatic rings. The highest BCUT2D eigenvalue weighted by Gasteiger charge is 2.29. The van der Waals surface area contributed by atoms with Gasteiger partial charge in [0.15, 0.2) is 0 Å². The Hall–Kier alpha value is -2.92. The quantitative estimate of drug-likeness (QED) is 0.333. The van der Waals surface area contributed by atoms with Crippen molar-refractivity contribution in [2.24, 2.45) is 0 Å². The average molecular weight is 559 g/mol. The van der Waals surface area contributed by atoms with Crippen molar-refractivity contribution in [3.63, 3.8) is 0 Å². The lowest BCUT2D eigenvalue weighted by atomic mass is 9.97. The van der Waals surface area contributed by atoms with E-state index >= 15 is 0 Å². The predicted octanol–water partition coefficient (Wildman–Crippen LogP) is 4.09. The van der Waals surface area contributed by atoms with Crippen LogP contribution in [0.25, 0.3) is 22.0 Å². The SMILES string of the molecule is C=CC(=O)N1CCN(c2nc(=O)n3c4c(c(-c5ccc(F)c(Cl)c5)c(C)cc24)SC[C@H](OCOC)C3)CC1. The van der Waals surface area contributed by atoms with Gasteiger partial charge in [0.1, 0.15) is 18.4 Å². The standard InChI is InChI=1S/C27H28ClFN4O4S/c1-4-22(34)31-7-9-32(10-8-31)26-19-11-16(2)23(17-5-6-21(29)20(28)12-17)25-24(19)33(27(35)30-26)13-18(14-38-25)37-15-36-3/h4-6,11-12,18H,1,7-10,13-15H2,2-3H3/t18-/m1/s1. The highest BCUT2D eigenvalue weighted by molar-refractivity contribution is 7.99. The molecular weight excluding hydrogens is 531 g/mol. The maximum Gasteiger partial charge on any atom is 0.350 e. The number of rotatable bonds is 6. The zero-order chi connectivity index (χ0) is 27.0. The maximum absolute atomic E-state index is 14.0. The number of piperazine rings is 1. The Morgan fingerprint density at radius 3 is 2.74 bits per heavy atom. The Bertz CT molecular complexity index is 1470. The number of carbonyl (C=O) groups is 1. The lowest BCUT2D eigenvalue weighted by Crippen LogP contribution is -2.49. The van der Waals surface area contributed by atoms with Crippen LogP contribution < -0.4 is 10.6 Å². The molecule has 0 N–H and O–H groups in total. The number of anilines is 1. The molecule has 2 aromatic carbocycles. The Morgan fingerprint density at radius 1 is 1.29 bits per heavy atom. The summed E-state index contributed by atoms with van der Waals surface area (Å²) in [5, 5.41) is 0.881. The van der Waals surface area contributed by atoms with Crippen molar-refractivity contribution in [3.8, 4) is 11.1 Å². The second kappa shape index (κ2) is 11.1. The molecule has 0 saturated carbocycles. The number of hydrogen-bond acceptors (Lipinski definition) is 7. The van der Waals surface area contributed by atoms with E-state index in [0.29, 0.717) is 44.3 Å². The molecule has 0 spiro atoms. The Labute approximate surface area is 229 Å². The monoisotopic (exact) mass is 558 g/mol. The largest absolute Gasteiger partial charge is 0.359 e.